The summed E-state index contributed by atoms with van der Waals surface area (Å²) >= 11 is 5.99. The molecule has 1 aromatic rings. The molecule has 0 fully saturated rings. The van der Waals surface area contributed by atoms with Crippen molar-refractivity contribution in [3.05, 3.63) is 22.8 Å². The number of nitrogens with one attached hydrogen (secondary N) is 1. The quantitative estimate of drug-likeness (QED) is 0.867. The Labute approximate surface area is 109 Å². The minimum atomic E-state index is 0.200. The first-order valence-corrected chi connectivity index (χ1v) is 6.35. The van der Waals surface area contributed by atoms with Crippen molar-refractivity contribution in [2.45, 2.75) is 40.2 Å². The SMILES string of the molecule is CCNC(CC(C)(C)C)c1cc(Cl)cnc1N. The molecular weight excluding hydrogens is 234 g/mol. The highest BCUT2D eigenvalue weighted by Crippen LogP contribution is 2.32. The second-order valence-corrected chi connectivity index (χ2v) is 5.94. The summed E-state index contributed by atoms with van der Waals surface area (Å²) < 4.78 is 0. The molecule has 0 spiro atoms. The molecule has 1 atom stereocenters. The second-order valence-electron chi connectivity index (χ2n) is 5.50. The lowest BCUT2D eigenvalue weighted by Crippen LogP contribution is -2.26. The highest BCUT2D eigenvalue weighted by Gasteiger charge is 2.21. The number of aromatic nitrogens is 1. The average molecular weight is 256 g/mol. The van der Waals surface area contributed by atoms with Gasteiger partial charge in [0.05, 0.1) is 5.02 Å². The van der Waals surface area contributed by atoms with Gasteiger partial charge in [0.25, 0.3) is 0 Å². The van der Waals surface area contributed by atoms with Gasteiger partial charge in [-0.15, -0.1) is 0 Å². The summed E-state index contributed by atoms with van der Waals surface area (Å²) in [5.41, 5.74) is 7.15. The van der Waals surface area contributed by atoms with Crippen LogP contribution in [0.25, 0.3) is 0 Å². The highest BCUT2D eigenvalue weighted by molar-refractivity contribution is 6.30. The molecule has 1 rings (SSSR count). The molecule has 3 nitrogen and oxygen atoms in total. The molecule has 0 aliphatic heterocycles. The molecule has 1 heterocycles. The lowest BCUT2D eigenvalue weighted by molar-refractivity contribution is 0.314. The number of rotatable bonds is 4. The fourth-order valence-corrected chi connectivity index (χ4v) is 2.06. The Morgan fingerprint density at radius 3 is 2.65 bits per heavy atom. The van der Waals surface area contributed by atoms with E-state index in [1.807, 2.05) is 6.07 Å². The normalized spacial score (nSPS) is 13.7. The highest BCUT2D eigenvalue weighted by atomic mass is 35.5. The van der Waals surface area contributed by atoms with Crippen LogP contribution in [0.15, 0.2) is 12.3 Å². The summed E-state index contributed by atoms with van der Waals surface area (Å²) in [6, 6.07) is 2.11. The van der Waals surface area contributed by atoms with Crippen LogP contribution in [0.1, 0.15) is 45.7 Å². The van der Waals surface area contributed by atoms with E-state index >= 15 is 0 Å². The molecule has 0 radical (unpaired) electrons. The van der Waals surface area contributed by atoms with Gasteiger partial charge in [-0.3, -0.25) is 0 Å². The molecule has 0 aromatic carbocycles. The van der Waals surface area contributed by atoms with E-state index in [1.54, 1.807) is 6.20 Å². The topological polar surface area (TPSA) is 50.9 Å². The van der Waals surface area contributed by atoms with Gasteiger partial charge in [0.15, 0.2) is 0 Å². The Bertz CT molecular complexity index is 371. The molecule has 0 saturated heterocycles. The molecular formula is C13H22ClN3. The van der Waals surface area contributed by atoms with Gasteiger partial charge in [0.1, 0.15) is 5.82 Å². The van der Waals surface area contributed by atoms with E-state index < -0.39 is 0 Å². The van der Waals surface area contributed by atoms with E-state index in [0.29, 0.717) is 10.8 Å². The third-order valence-corrected chi connectivity index (χ3v) is 2.77. The Kier molecular flexibility index (Phi) is 4.78. The van der Waals surface area contributed by atoms with Gasteiger partial charge in [-0.25, -0.2) is 4.98 Å². The van der Waals surface area contributed by atoms with Crippen molar-refractivity contribution in [2.75, 3.05) is 12.3 Å². The smallest absolute Gasteiger partial charge is 0.128 e. The van der Waals surface area contributed by atoms with Crippen molar-refractivity contribution in [3.8, 4) is 0 Å². The summed E-state index contributed by atoms with van der Waals surface area (Å²) in [6.45, 7) is 9.62. The van der Waals surface area contributed by atoms with Crippen molar-refractivity contribution in [1.82, 2.24) is 10.3 Å². The molecule has 4 heteroatoms. The van der Waals surface area contributed by atoms with Gasteiger partial charge in [-0.2, -0.15) is 0 Å². The van der Waals surface area contributed by atoms with Crippen LogP contribution in [-0.4, -0.2) is 11.5 Å². The molecule has 1 unspecified atom stereocenters. The summed E-state index contributed by atoms with van der Waals surface area (Å²) in [5, 5.41) is 4.08. The molecule has 0 aliphatic rings. The Balaban J connectivity index is 3.00. The van der Waals surface area contributed by atoms with Crippen molar-refractivity contribution in [3.63, 3.8) is 0 Å². The number of anilines is 1. The first-order valence-electron chi connectivity index (χ1n) is 5.98. The number of pyridine rings is 1. The van der Waals surface area contributed by atoms with Crippen LogP contribution in [-0.2, 0) is 0 Å². The van der Waals surface area contributed by atoms with E-state index in [2.05, 4.69) is 38.0 Å². The van der Waals surface area contributed by atoms with E-state index in [4.69, 9.17) is 17.3 Å². The van der Waals surface area contributed by atoms with E-state index in [9.17, 15) is 0 Å². The zero-order valence-electron chi connectivity index (χ0n) is 11.0. The van der Waals surface area contributed by atoms with Crippen LogP contribution in [0.5, 0.6) is 0 Å². The third kappa shape index (κ3) is 4.52. The molecule has 0 aliphatic carbocycles. The number of hydrogen-bond donors (Lipinski definition) is 2. The van der Waals surface area contributed by atoms with Crippen LogP contribution in [0.2, 0.25) is 5.02 Å². The first-order chi connectivity index (χ1) is 7.83. The van der Waals surface area contributed by atoms with Crippen LogP contribution < -0.4 is 11.1 Å². The van der Waals surface area contributed by atoms with E-state index in [0.717, 1.165) is 18.5 Å². The van der Waals surface area contributed by atoms with Gasteiger partial charge in [0, 0.05) is 17.8 Å². The summed E-state index contributed by atoms with van der Waals surface area (Å²) in [5.74, 6) is 0.560. The summed E-state index contributed by atoms with van der Waals surface area (Å²) in [7, 11) is 0. The monoisotopic (exact) mass is 255 g/mol. The number of hydrogen-bond acceptors (Lipinski definition) is 3. The fraction of sp³-hybridized carbons (Fsp3) is 0.615. The Hall–Kier alpha value is -0.800. The molecule has 17 heavy (non-hydrogen) atoms. The number of nitrogens with zero attached hydrogens (tertiary/aromatic N) is 1. The molecule has 0 amide bonds. The van der Waals surface area contributed by atoms with Crippen LogP contribution in [0, 0.1) is 5.41 Å². The lowest BCUT2D eigenvalue weighted by atomic mass is 9.85. The maximum absolute atomic E-state index is 5.99. The number of halogens is 1. The zero-order valence-corrected chi connectivity index (χ0v) is 11.8. The fourth-order valence-electron chi connectivity index (χ4n) is 1.90. The average Bonchev–Trinajstić information content (AvgIpc) is 2.19. The molecule has 0 saturated carbocycles. The molecule has 96 valence electrons. The zero-order chi connectivity index (χ0) is 13.1. The minimum absolute atomic E-state index is 0.200. The van der Waals surface area contributed by atoms with Crippen molar-refractivity contribution in [1.29, 1.82) is 0 Å². The molecule has 3 N–H and O–H groups in total. The second kappa shape index (κ2) is 5.69. The molecule has 1 aromatic heterocycles. The van der Waals surface area contributed by atoms with Crippen LogP contribution in [0.4, 0.5) is 5.82 Å². The lowest BCUT2D eigenvalue weighted by Gasteiger charge is -2.27. The van der Waals surface area contributed by atoms with Gasteiger partial charge >= 0.3 is 0 Å². The Morgan fingerprint density at radius 1 is 1.47 bits per heavy atom. The van der Waals surface area contributed by atoms with Gasteiger partial charge < -0.3 is 11.1 Å². The summed E-state index contributed by atoms with van der Waals surface area (Å²) in [6.07, 6.45) is 2.58. The largest absolute Gasteiger partial charge is 0.383 e. The Morgan fingerprint density at radius 2 is 2.12 bits per heavy atom. The van der Waals surface area contributed by atoms with Gasteiger partial charge in [-0.05, 0) is 24.4 Å². The van der Waals surface area contributed by atoms with Crippen LogP contribution >= 0.6 is 11.6 Å². The minimum Gasteiger partial charge on any atom is -0.383 e. The van der Waals surface area contributed by atoms with E-state index in [-0.39, 0.29) is 11.5 Å². The maximum atomic E-state index is 5.99. The van der Waals surface area contributed by atoms with Crippen molar-refractivity contribution < 1.29 is 0 Å². The first kappa shape index (κ1) is 14.3. The van der Waals surface area contributed by atoms with Gasteiger partial charge in [-0.1, -0.05) is 39.3 Å². The summed E-state index contributed by atoms with van der Waals surface area (Å²) in [4.78, 5) is 4.12. The van der Waals surface area contributed by atoms with Crippen molar-refractivity contribution in [2.24, 2.45) is 5.41 Å². The number of nitrogen functional groups attached to an aromatic ring is 1. The number of nitrogens with two attached hydrogens (primary N) is 1. The van der Waals surface area contributed by atoms with E-state index in [1.165, 1.54) is 0 Å². The standard InChI is InChI=1S/C13H22ClN3/c1-5-16-11(7-13(2,3)4)10-6-9(14)8-17-12(10)15/h6,8,11,16H,5,7H2,1-4H3,(H2,15,17). The van der Waals surface area contributed by atoms with Crippen molar-refractivity contribution >= 4 is 17.4 Å². The maximum Gasteiger partial charge on any atom is 0.128 e. The third-order valence-electron chi connectivity index (χ3n) is 2.56. The van der Waals surface area contributed by atoms with Gasteiger partial charge in [0.2, 0.25) is 0 Å². The molecule has 0 bridgehead atoms. The van der Waals surface area contributed by atoms with Crippen LogP contribution in [0.3, 0.4) is 0 Å². The predicted molar refractivity (Wildman–Crippen MR) is 74.1 cm³/mol. The predicted octanol–water partition coefficient (Wildman–Crippen LogP) is 3.40.